The zero-order valence-corrected chi connectivity index (χ0v) is 13.5. The summed E-state index contributed by atoms with van der Waals surface area (Å²) in [5, 5.41) is 0. The van der Waals surface area contributed by atoms with Gasteiger partial charge in [-0.2, -0.15) is 13.2 Å². The van der Waals surface area contributed by atoms with Gasteiger partial charge in [-0.3, -0.25) is 4.90 Å². The molecule has 2 aliphatic rings. The van der Waals surface area contributed by atoms with Crippen molar-refractivity contribution in [2.75, 3.05) is 13.1 Å². The van der Waals surface area contributed by atoms with Crippen LogP contribution in [0.15, 0.2) is 18.2 Å². The first-order valence-corrected chi connectivity index (χ1v) is 7.68. The molecular weight excluding hydrogens is 332 g/mol. The first kappa shape index (κ1) is 18.5. The van der Waals surface area contributed by atoms with Gasteiger partial charge in [-0.25, -0.2) is 4.39 Å². The Morgan fingerprint density at radius 1 is 1.17 bits per heavy atom. The zero-order chi connectivity index (χ0) is 15.9. The fraction of sp³-hybridized carbons (Fsp3) is 0.625. The third-order valence-corrected chi connectivity index (χ3v) is 5.00. The molecule has 1 aromatic rings. The van der Waals surface area contributed by atoms with Gasteiger partial charge in [-0.1, -0.05) is 12.5 Å². The number of nitrogens with two attached hydrogens (primary N) is 1. The third kappa shape index (κ3) is 3.98. The number of rotatable bonds is 2. The number of hydrogen-bond acceptors (Lipinski definition) is 2. The number of benzene rings is 1. The highest BCUT2D eigenvalue weighted by Gasteiger charge is 2.40. The lowest BCUT2D eigenvalue weighted by atomic mass is 9.78. The summed E-state index contributed by atoms with van der Waals surface area (Å²) < 4.78 is 52.3. The van der Waals surface area contributed by atoms with Gasteiger partial charge in [-0.15, -0.1) is 12.4 Å². The van der Waals surface area contributed by atoms with Crippen LogP contribution in [0.1, 0.15) is 30.4 Å². The van der Waals surface area contributed by atoms with Crippen molar-refractivity contribution in [2.45, 2.75) is 38.0 Å². The van der Waals surface area contributed by atoms with Crippen molar-refractivity contribution in [3.8, 4) is 0 Å². The predicted molar refractivity (Wildman–Crippen MR) is 82.7 cm³/mol. The Morgan fingerprint density at radius 3 is 2.57 bits per heavy atom. The molecule has 1 heterocycles. The van der Waals surface area contributed by atoms with Crippen molar-refractivity contribution >= 4 is 12.4 Å². The van der Waals surface area contributed by atoms with Gasteiger partial charge < -0.3 is 5.73 Å². The molecule has 1 saturated carbocycles. The zero-order valence-electron chi connectivity index (χ0n) is 12.7. The van der Waals surface area contributed by atoms with Crippen molar-refractivity contribution in [1.82, 2.24) is 4.90 Å². The van der Waals surface area contributed by atoms with Gasteiger partial charge in [0.2, 0.25) is 0 Å². The number of fused-ring (bicyclic) bond motifs is 1. The molecule has 2 nitrogen and oxygen atoms in total. The highest BCUT2D eigenvalue weighted by atomic mass is 35.5. The van der Waals surface area contributed by atoms with Crippen LogP contribution in [-0.4, -0.2) is 24.0 Å². The van der Waals surface area contributed by atoms with Crippen LogP contribution in [0.2, 0.25) is 0 Å². The van der Waals surface area contributed by atoms with Crippen molar-refractivity contribution < 1.29 is 17.6 Å². The molecule has 3 atom stereocenters. The van der Waals surface area contributed by atoms with E-state index in [-0.39, 0.29) is 30.6 Å². The minimum absolute atomic E-state index is 0. The van der Waals surface area contributed by atoms with Crippen molar-refractivity contribution in [3.63, 3.8) is 0 Å². The Hall–Kier alpha value is -0.850. The highest BCUT2D eigenvalue weighted by Crippen LogP contribution is 2.38. The molecule has 2 fully saturated rings. The third-order valence-electron chi connectivity index (χ3n) is 5.00. The van der Waals surface area contributed by atoms with Crippen LogP contribution in [-0.2, 0) is 12.7 Å². The second-order valence-corrected chi connectivity index (χ2v) is 6.51. The van der Waals surface area contributed by atoms with E-state index in [0.29, 0.717) is 17.9 Å². The lowest BCUT2D eigenvalue weighted by molar-refractivity contribution is -0.138. The summed E-state index contributed by atoms with van der Waals surface area (Å²) >= 11 is 0. The standard InChI is InChI=1S/C16H20F4N2.ClH/c17-12-5-4-11(14(6-12)16(18,19)20)8-22-7-10-2-1-3-15(21)13(10)9-22;/h4-6,10,13,15H,1-3,7-9,21H2;1H. The Morgan fingerprint density at radius 2 is 1.91 bits per heavy atom. The molecule has 1 aliphatic carbocycles. The number of nitrogens with zero attached hydrogens (tertiary/aromatic N) is 1. The fourth-order valence-electron chi connectivity index (χ4n) is 3.93. The first-order valence-electron chi connectivity index (χ1n) is 7.68. The van der Waals surface area contributed by atoms with Gasteiger partial charge in [0.05, 0.1) is 5.56 Å². The molecule has 23 heavy (non-hydrogen) atoms. The molecule has 3 rings (SSSR count). The van der Waals surface area contributed by atoms with Crippen LogP contribution in [0.5, 0.6) is 0 Å². The molecule has 7 heteroatoms. The van der Waals surface area contributed by atoms with Gasteiger partial charge >= 0.3 is 6.18 Å². The molecule has 130 valence electrons. The van der Waals surface area contributed by atoms with Gasteiger partial charge in [-0.05, 0) is 42.4 Å². The minimum Gasteiger partial charge on any atom is -0.327 e. The Bertz CT molecular complexity index is 549. The molecule has 0 bridgehead atoms. The van der Waals surface area contributed by atoms with Crippen LogP contribution in [0, 0.1) is 17.7 Å². The highest BCUT2D eigenvalue weighted by molar-refractivity contribution is 5.85. The van der Waals surface area contributed by atoms with Crippen LogP contribution >= 0.6 is 12.4 Å². The minimum atomic E-state index is -4.53. The van der Waals surface area contributed by atoms with Crippen molar-refractivity contribution in [1.29, 1.82) is 0 Å². The Balaban J connectivity index is 0.00000192. The summed E-state index contributed by atoms with van der Waals surface area (Å²) in [5.41, 5.74) is 5.41. The number of halogens is 5. The molecule has 3 unspecified atom stereocenters. The Kier molecular flexibility index (Phi) is 5.59. The SMILES string of the molecule is Cl.NC1CCCC2CN(Cc3ccc(F)cc3C(F)(F)F)CC12. The normalized spacial score (nSPS) is 28.3. The van der Waals surface area contributed by atoms with E-state index in [1.165, 1.54) is 6.07 Å². The number of alkyl halides is 3. The number of likely N-dealkylation sites (tertiary alicyclic amines) is 1. The van der Waals surface area contributed by atoms with Crippen molar-refractivity contribution in [3.05, 3.63) is 35.1 Å². The molecule has 0 aromatic heterocycles. The van der Waals surface area contributed by atoms with E-state index >= 15 is 0 Å². The molecule has 0 amide bonds. The molecule has 0 spiro atoms. The molecule has 1 aliphatic heterocycles. The maximum atomic E-state index is 13.2. The topological polar surface area (TPSA) is 29.3 Å². The quantitative estimate of drug-likeness (QED) is 0.820. The van der Waals surface area contributed by atoms with Gasteiger partial charge in [0.25, 0.3) is 0 Å². The molecule has 1 saturated heterocycles. The smallest absolute Gasteiger partial charge is 0.327 e. The maximum absolute atomic E-state index is 13.2. The monoisotopic (exact) mass is 352 g/mol. The molecular formula is C16H21ClF4N2. The van der Waals surface area contributed by atoms with E-state index in [2.05, 4.69) is 0 Å². The first-order chi connectivity index (χ1) is 10.3. The van der Waals surface area contributed by atoms with E-state index < -0.39 is 17.6 Å². The molecule has 0 radical (unpaired) electrons. The van der Waals surface area contributed by atoms with Gasteiger partial charge in [0.15, 0.2) is 0 Å². The van der Waals surface area contributed by atoms with Gasteiger partial charge in [0.1, 0.15) is 5.82 Å². The van der Waals surface area contributed by atoms with Gasteiger partial charge in [0, 0.05) is 25.7 Å². The predicted octanol–water partition coefficient (Wildman–Crippen LogP) is 3.83. The summed E-state index contributed by atoms with van der Waals surface area (Å²) in [4.78, 5) is 2.03. The largest absolute Gasteiger partial charge is 0.416 e. The summed E-state index contributed by atoms with van der Waals surface area (Å²) in [7, 11) is 0. The van der Waals surface area contributed by atoms with E-state index in [0.717, 1.165) is 38.4 Å². The summed E-state index contributed by atoms with van der Waals surface area (Å²) in [6.45, 7) is 1.72. The fourth-order valence-corrected chi connectivity index (χ4v) is 3.93. The maximum Gasteiger partial charge on any atom is 0.416 e. The second-order valence-electron chi connectivity index (χ2n) is 6.51. The average Bonchev–Trinajstić information content (AvgIpc) is 2.84. The van der Waals surface area contributed by atoms with Crippen LogP contribution in [0.25, 0.3) is 0 Å². The second kappa shape index (κ2) is 6.95. The van der Waals surface area contributed by atoms with Crippen LogP contribution in [0.3, 0.4) is 0 Å². The average molecular weight is 353 g/mol. The summed E-state index contributed by atoms with van der Waals surface area (Å²) in [6, 6.07) is 3.09. The van der Waals surface area contributed by atoms with E-state index in [4.69, 9.17) is 5.73 Å². The summed E-state index contributed by atoms with van der Waals surface area (Å²) in [5.74, 6) is 0.00950. The van der Waals surface area contributed by atoms with E-state index in [1.54, 1.807) is 0 Å². The van der Waals surface area contributed by atoms with Crippen LogP contribution in [0.4, 0.5) is 17.6 Å². The molecule has 1 aromatic carbocycles. The lowest BCUT2D eigenvalue weighted by Gasteiger charge is -2.29. The molecule has 2 N–H and O–H groups in total. The number of hydrogen-bond donors (Lipinski definition) is 1. The van der Waals surface area contributed by atoms with Crippen LogP contribution < -0.4 is 5.73 Å². The Labute approximate surface area is 139 Å². The van der Waals surface area contributed by atoms with Crippen molar-refractivity contribution in [2.24, 2.45) is 17.6 Å². The van der Waals surface area contributed by atoms with E-state index in [9.17, 15) is 17.6 Å². The van der Waals surface area contributed by atoms with E-state index in [1.807, 2.05) is 4.90 Å². The lowest BCUT2D eigenvalue weighted by Crippen LogP contribution is -2.38. The summed E-state index contributed by atoms with van der Waals surface area (Å²) in [6.07, 6.45) is -1.33.